The number of sulfonamides is 1. The molecule has 1 aliphatic rings. The van der Waals surface area contributed by atoms with Gasteiger partial charge in [0.2, 0.25) is 10.0 Å². The first kappa shape index (κ1) is 14.0. The van der Waals surface area contributed by atoms with Gasteiger partial charge in [-0.2, -0.15) is 4.31 Å². The zero-order valence-corrected chi connectivity index (χ0v) is 11.3. The number of hydrogen-bond donors (Lipinski definition) is 1. The van der Waals surface area contributed by atoms with E-state index >= 15 is 0 Å². The predicted octanol–water partition coefficient (Wildman–Crippen LogP) is 1.56. The van der Waals surface area contributed by atoms with E-state index in [2.05, 4.69) is 0 Å². The molecule has 1 aromatic rings. The summed E-state index contributed by atoms with van der Waals surface area (Å²) in [5.41, 5.74) is 0. The Hall–Kier alpha value is -1.40. The molecule has 104 valence electrons. The molecule has 1 fully saturated rings. The van der Waals surface area contributed by atoms with Crippen LogP contribution in [0.3, 0.4) is 0 Å². The van der Waals surface area contributed by atoms with Crippen molar-refractivity contribution in [3.63, 3.8) is 0 Å². The van der Waals surface area contributed by atoms with Crippen LogP contribution in [0.25, 0.3) is 0 Å². The standard InChI is InChI=1S/C13H17NO4S/c15-13(16)10-11-6-8-14(9-7-11)19(17,18)12-4-2-1-3-5-12/h1-5,11H,6-10H2,(H,15,16). The van der Waals surface area contributed by atoms with Crippen molar-refractivity contribution in [2.75, 3.05) is 13.1 Å². The minimum absolute atomic E-state index is 0.0831. The van der Waals surface area contributed by atoms with E-state index in [-0.39, 0.29) is 12.3 Å². The topological polar surface area (TPSA) is 74.7 Å². The summed E-state index contributed by atoms with van der Waals surface area (Å²) in [4.78, 5) is 10.9. The molecule has 0 saturated carbocycles. The number of benzene rings is 1. The molecule has 2 rings (SSSR count). The second kappa shape index (κ2) is 5.71. The highest BCUT2D eigenvalue weighted by molar-refractivity contribution is 7.89. The van der Waals surface area contributed by atoms with Crippen LogP contribution in [-0.2, 0) is 14.8 Å². The quantitative estimate of drug-likeness (QED) is 0.910. The highest BCUT2D eigenvalue weighted by Gasteiger charge is 2.29. The van der Waals surface area contributed by atoms with Crippen molar-refractivity contribution >= 4 is 16.0 Å². The van der Waals surface area contributed by atoms with Gasteiger partial charge in [0.05, 0.1) is 4.90 Å². The van der Waals surface area contributed by atoms with E-state index in [4.69, 9.17) is 5.11 Å². The van der Waals surface area contributed by atoms with Crippen molar-refractivity contribution in [1.82, 2.24) is 4.31 Å². The van der Waals surface area contributed by atoms with Gasteiger partial charge in [-0.15, -0.1) is 0 Å². The van der Waals surface area contributed by atoms with Crippen molar-refractivity contribution in [3.8, 4) is 0 Å². The molecule has 1 saturated heterocycles. The Bertz CT molecular complexity index is 533. The SMILES string of the molecule is O=C(O)CC1CCN(S(=O)(=O)c2ccccc2)CC1. The Morgan fingerprint density at radius 3 is 2.32 bits per heavy atom. The molecule has 0 amide bonds. The van der Waals surface area contributed by atoms with E-state index in [0.29, 0.717) is 30.8 Å². The highest BCUT2D eigenvalue weighted by Crippen LogP contribution is 2.25. The van der Waals surface area contributed by atoms with Crippen LogP contribution >= 0.6 is 0 Å². The number of aliphatic carboxylic acids is 1. The Balaban J connectivity index is 2.03. The third kappa shape index (κ3) is 3.33. The van der Waals surface area contributed by atoms with Crippen LogP contribution in [0.2, 0.25) is 0 Å². The first-order valence-corrected chi connectivity index (χ1v) is 7.71. The Morgan fingerprint density at radius 2 is 1.79 bits per heavy atom. The predicted molar refractivity (Wildman–Crippen MR) is 70.2 cm³/mol. The molecule has 0 spiro atoms. The smallest absolute Gasteiger partial charge is 0.303 e. The third-order valence-electron chi connectivity index (χ3n) is 3.42. The van der Waals surface area contributed by atoms with Gasteiger partial charge in [-0.1, -0.05) is 18.2 Å². The molecule has 1 heterocycles. The van der Waals surface area contributed by atoms with Gasteiger partial charge in [-0.3, -0.25) is 4.79 Å². The van der Waals surface area contributed by atoms with E-state index in [9.17, 15) is 13.2 Å². The molecule has 1 aliphatic heterocycles. The van der Waals surface area contributed by atoms with E-state index in [1.165, 1.54) is 4.31 Å². The average molecular weight is 283 g/mol. The molecule has 0 atom stereocenters. The lowest BCUT2D eigenvalue weighted by Gasteiger charge is -2.30. The lowest BCUT2D eigenvalue weighted by molar-refractivity contribution is -0.138. The van der Waals surface area contributed by atoms with Gasteiger partial charge < -0.3 is 5.11 Å². The second-order valence-electron chi connectivity index (χ2n) is 4.76. The number of hydrogen-bond acceptors (Lipinski definition) is 3. The summed E-state index contributed by atoms with van der Waals surface area (Å²) < 4.78 is 26.1. The Morgan fingerprint density at radius 1 is 1.21 bits per heavy atom. The lowest BCUT2D eigenvalue weighted by atomic mass is 9.95. The van der Waals surface area contributed by atoms with Crippen molar-refractivity contribution in [3.05, 3.63) is 30.3 Å². The van der Waals surface area contributed by atoms with Crippen molar-refractivity contribution in [2.24, 2.45) is 5.92 Å². The summed E-state index contributed by atoms with van der Waals surface area (Å²) in [5, 5.41) is 8.74. The number of nitrogens with zero attached hydrogens (tertiary/aromatic N) is 1. The molecule has 0 radical (unpaired) electrons. The van der Waals surface area contributed by atoms with Crippen LogP contribution in [0.4, 0.5) is 0 Å². The van der Waals surface area contributed by atoms with E-state index in [1.54, 1.807) is 30.3 Å². The number of carboxylic acid groups (broad SMARTS) is 1. The molecular formula is C13H17NO4S. The number of carboxylic acids is 1. The van der Waals surface area contributed by atoms with Crippen LogP contribution in [0, 0.1) is 5.92 Å². The maximum atomic E-state index is 12.3. The molecule has 1 aromatic carbocycles. The van der Waals surface area contributed by atoms with Gasteiger partial charge in [-0.25, -0.2) is 8.42 Å². The normalized spacial score (nSPS) is 18.3. The average Bonchev–Trinajstić information content (AvgIpc) is 2.40. The monoisotopic (exact) mass is 283 g/mol. The van der Waals surface area contributed by atoms with Gasteiger partial charge in [0.25, 0.3) is 0 Å². The molecule has 5 nitrogen and oxygen atoms in total. The molecule has 6 heteroatoms. The van der Waals surface area contributed by atoms with E-state index < -0.39 is 16.0 Å². The molecule has 19 heavy (non-hydrogen) atoms. The van der Waals surface area contributed by atoms with Gasteiger partial charge in [0.15, 0.2) is 0 Å². The van der Waals surface area contributed by atoms with Crippen LogP contribution in [-0.4, -0.2) is 36.9 Å². The highest BCUT2D eigenvalue weighted by atomic mass is 32.2. The minimum atomic E-state index is -3.43. The van der Waals surface area contributed by atoms with Gasteiger partial charge >= 0.3 is 5.97 Å². The second-order valence-corrected chi connectivity index (χ2v) is 6.70. The first-order chi connectivity index (χ1) is 9.00. The summed E-state index contributed by atoms with van der Waals surface area (Å²) in [7, 11) is -3.43. The van der Waals surface area contributed by atoms with Crippen molar-refractivity contribution in [2.45, 2.75) is 24.2 Å². The maximum absolute atomic E-state index is 12.3. The Kier molecular flexibility index (Phi) is 4.21. The summed E-state index contributed by atoms with van der Waals surface area (Å²) in [6.45, 7) is 0.796. The van der Waals surface area contributed by atoms with Gasteiger partial charge in [0, 0.05) is 19.5 Å². The van der Waals surface area contributed by atoms with Crippen LogP contribution in [0.1, 0.15) is 19.3 Å². The fraction of sp³-hybridized carbons (Fsp3) is 0.462. The van der Waals surface area contributed by atoms with E-state index in [1.807, 2.05) is 0 Å². The largest absolute Gasteiger partial charge is 0.481 e. The number of carbonyl (C=O) groups is 1. The third-order valence-corrected chi connectivity index (χ3v) is 5.33. The molecular weight excluding hydrogens is 266 g/mol. The molecule has 0 aromatic heterocycles. The Labute approximate surface area is 112 Å². The van der Waals surface area contributed by atoms with Crippen LogP contribution in [0.15, 0.2) is 35.2 Å². The fourth-order valence-corrected chi connectivity index (χ4v) is 3.83. The number of rotatable bonds is 4. The van der Waals surface area contributed by atoms with Gasteiger partial charge in [-0.05, 0) is 30.9 Å². The minimum Gasteiger partial charge on any atom is -0.481 e. The van der Waals surface area contributed by atoms with E-state index in [0.717, 1.165) is 0 Å². The molecule has 0 bridgehead atoms. The fourth-order valence-electron chi connectivity index (χ4n) is 2.34. The maximum Gasteiger partial charge on any atom is 0.303 e. The summed E-state index contributed by atoms with van der Waals surface area (Å²) in [6.07, 6.45) is 1.34. The summed E-state index contributed by atoms with van der Waals surface area (Å²) in [6, 6.07) is 8.34. The zero-order chi connectivity index (χ0) is 13.9. The van der Waals surface area contributed by atoms with Crippen LogP contribution in [0.5, 0.6) is 0 Å². The zero-order valence-electron chi connectivity index (χ0n) is 10.5. The van der Waals surface area contributed by atoms with Crippen molar-refractivity contribution < 1.29 is 18.3 Å². The van der Waals surface area contributed by atoms with Gasteiger partial charge in [0.1, 0.15) is 0 Å². The first-order valence-electron chi connectivity index (χ1n) is 6.27. The molecule has 1 N–H and O–H groups in total. The summed E-state index contributed by atoms with van der Waals surface area (Å²) in [5.74, 6) is -0.732. The number of piperidine rings is 1. The van der Waals surface area contributed by atoms with Crippen LogP contribution < -0.4 is 0 Å². The molecule has 0 aliphatic carbocycles. The molecule has 0 unspecified atom stereocenters. The van der Waals surface area contributed by atoms with Crippen molar-refractivity contribution in [1.29, 1.82) is 0 Å². The lowest BCUT2D eigenvalue weighted by Crippen LogP contribution is -2.38. The summed E-state index contributed by atoms with van der Waals surface area (Å²) >= 11 is 0.